The van der Waals surface area contributed by atoms with Gasteiger partial charge in [0.25, 0.3) is 5.56 Å². The first-order chi connectivity index (χ1) is 18.2. The highest BCUT2D eigenvalue weighted by atomic mass is 16.5. The molecular formula is C28H38N4O6. The van der Waals surface area contributed by atoms with E-state index in [0.717, 1.165) is 41.4 Å². The maximum atomic E-state index is 12.6. The molecule has 0 saturated heterocycles. The highest BCUT2D eigenvalue weighted by Crippen LogP contribution is 2.30. The minimum atomic E-state index is -0.895. The third-order valence-corrected chi connectivity index (χ3v) is 7.06. The molecule has 206 valence electrons. The monoisotopic (exact) mass is 526 g/mol. The van der Waals surface area contributed by atoms with Gasteiger partial charge in [0.2, 0.25) is 0 Å². The summed E-state index contributed by atoms with van der Waals surface area (Å²) in [7, 11) is 5.03. The normalized spacial score (nSPS) is 15.6. The highest BCUT2D eigenvalue weighted by molar-refractivity contribution is 5.82. The van der Waals surface area contributed by atoms with Gasteiger partial charge < -0.3 is 28.5 Å². The second-order valence-corrected chi connectivity index (χ2v) is 10.1. The number of aliphatic hydroxyl groups excluding tert-OH is 1. The van der Waals surface area contributed by atoms with Crippen LogP contribution in [0, 0.1) is 6.92 Å². The summed E-state index contributed by atoms with van der Waals surface area (Å²) >= 11 is 0. The zero-order valence-corrected chi connectivity index (χ0v) is 22.8. The van der Waals surface area contributed by atoms with E-state index in [0.29, 0.717) is 31.1 Å². The standard InChI is InChI=1S/C28H38N4O6/c1-17-11-20(14-31(3)27(17)34)26-30-23-12-19(9-10-24(23)32(26)21(15-36-4)16-37-5)13-29-25(18(2)33)28(35)38-22-7-6-8-22/h9-12,14,18,21-22,25,29,33H,6-8,13,15-16H2,1-5H3/t18-,25+/m1/s1. The number of nitrogens with zero attached hydrogens (tertiary/aromatic N) is 3. The van der Waals surface area contributed by atoms with Crippen LogP contribution in [-0.4, -0.2) is 70.9 Å². The number of pyridine rings is 1. The van der Waals surface area contributed by atoms with E-state index in [9.17, 15) is 14.7 Å². The fourth-order valence-electron chi connectivity index (χ4n) is 4.81. The van der Waals surface area contributed by atoms with Gasteiger partial charge in [0.05, 0.1) is 36.4 Å². The van der Waals surface area contributed by atoms with Crippen molar-refractivity contribution >= 4 is 17.0 Å². The van der Waals surface area contributed by atoms with E-state index in [1.807, 2.05) is 24.3 Å². The highest BCUT2D eigenvalue weighted by Gasteiger charge is 2.30. The number of aliphatic hydroxyl groups is 1. The molecule has 10 nitrogen and oxygen atoms in total. The first-order valence-electron chi connectivity index (χ1n) is 13.0. The fraction of sp³-hybridized carbons (Fsp3) is 0.536. The number of imidazole rings is 1. The maximum Gasteiger partial charge on any atom is 0.326 e. The first-order valence-corrected chi connectivity index (χ1v) is 13.0. The van der Waals surface area contributed by atoms with Gasteiger partial charge in [-0.25, -0.2) is 4.98 Å². The zero-order valence-electron chi connectivity index (χ0n) is 22.8. The Hall–Kier alpha value is -3.05. The van der Waals surface area contributed by atoms with Crippen molar-refractivity contribution < 1.29 is 24.1 Å². The van der Waals surface area contributed by atoms with Crippen LogP contribution in [0.2, 0.25) is 0 Å². The van der Waals surface area contributed by atoms with Gasteiger partial charge in [-0.2, -0.15) is 0 Å². The van der Waals surface area contributed by atoms with Crippen LogP contribution in [0.3, 0.4) is 0 Å². The molecule has 0 aliphatic heterocycles. The maximum absolute atomic E-state index is 12.6. The number of hydrogen-bond acceptors (Lipinski definition) is 8. The Kier molecular flexibility index (Phi) is 8.99. The van der Waals surface area contributed by atoms with Crippen molar-refractivity contribution in [3.8, 4) is 11.4 Å². The predicted molar refractivity (Wildman–Crippen MR) is 144 cm³/mol. The van der Waals surface area contributed by atoms with Crippen molar-refractivity contribution in [2.24, 2.45) is 7.05 Å². The number of aromatic nitrogens is 3. The van der Waals surface area contributed by atoms with Crippen LogP contribution in [0.1, 0.15) is 43.4 Å². The lowest BCUT2D eigenvalue weighted by Gasteiger charge is -2.28. The molecule has 0 bridgehead atoms. The summed E-state index contributed by atoms with van der Waals surface area (Å²) in [5, 5.41) is 13.4. The predicted octanol–water partition coefficient (Wildman–Crippen LogP) is 2.48. The van der Waals surface area contributed by atoms with Crippen LogP contribution in [0.15, 0.2) is 35.3 Å². The molecule has 0 spiro atoms. The van der Waals surface area contributed by atoms with E-state index in [4.69, 9.17) is 19.2 Å². The van der Waals surface area contributed by atoms with Crippen molar-refractivity contribution in [2.45, 2.75) is 63.9 Å². The van der Waals surface area contributed by atoms with Gasteiger partial charge in [-0.05, 0) is 56.9 Å². The second-order valence-electron chi connectivity index (χ2n) is 10.1. The van der Waals surface area contributed by atoms with E-state index < -0.39 is 18.1 Å². The summed E-state index contributed by atoms with van der Waals surface area (Å²) in [4.78, 5) is 29.9. The smallest absolute Gasteiger partial charge is 0.326 e. The average Bonchev–Trinajstić information content (AvgIpc) is 3.23. The van der Waals surface area contributed by atoms with Crippen molar-refractivity contribution in [2.75, 3.05) is 27.4 Å². The molecule has 2 N–H and O–H groups in total. The molecule has 1 saturated carbocycles. The molecule has 2 aromatic heterocycles. The summed E-state index contributed by atoms with van der Waals surface area (Å²) in [6.45, 7) is 4.56. The fourth-order valence-corrected chi connectivity index (χ4v) is 4.81. The van der Waals surface area contributed by atoms with Crippen molar-refractivity contribution in [1.29, 1.82) is 0 Å². The van der Waals surface area contributed by atoms with E-state index in [1.165, 1.54) is 0 Å². The molecule has 0 radical (unpaired) electrons. The topological polar surface area (TPSA) is 117 Å². The molecule has 1 fully saturated rings. The summed E-state index contributed by atoms with van der Waals surface area (Å²) in [6.07, 6.45) is 3.66. The number of nitrogens with one attached hydrogen (secondary N) is 1. The average molecular weight is 527 g/mol. The molecular weight excluding hydrogens is 488 g/mol. The third kappa shape index (κ3) is 5.99. The number of methoxy groups -OCH3 is 2. The molecule has 3 aromatic rings. The summed E-state index contributed by atoms with van der Waals surface area (Å²) in [5.41, 5.74) is 3.94. The number of ether oxygens (including phenoxy) is 3. The lowest BCUT2D eigenvalue weighted by atomic mass is 9.96. The lowest BCUT2D eigenvalue weighted by molar-refractivity contribution is -0.158. The lowest BCUT2D eigenvalue weighted by Crippen LogP contribution is -2.47. The Bertz CT molecular complexity index is 1290. The van der Waals surface area contributed by atoms with Crippen LogP contribution < -0.4 is 10.9 Å². The summed E-state index contributed by atoms with van der Waals surface area (Å²) < 4.78 is 20.2. The number of carbonyl (C=O) groups is 1. The van der Waals surface area contributed by atoms with Crippen molar-refractivity contribution in [3.63, 3.8) is 0 Å². The molecule has 10 heteroatoms. The number of aryl methyl sites for hydroxylation is 2. The van der Waals surface area contributed by atoms with Gasteiger partial charge in [-0.1, -0.05) is 6.07 Å². The quantitative estimate of drug-likeness (QED) is 0.346. The minimum Gasteiger partial charge on any atom is -0.461 e. The van der Waals surface area contributed by atoms with Gasteiger partial charge in [0.1, 0.15) is 18.0 Å². The number of esters is 1. The molecule has 38 heavy (non-hydrogen) atoms. The summed E-state index contributed by atoms with van der Waals surface area (Å²) in [5.74, 6) is 0.276. The Morgan fingerprint density at radius 3 is 2.50 bits per heavy atom. The molecule has 1 aromatic carbocycles. The van der Waals surface area contributed by atoms with Crippen LogP contribution in [0.4, 0.5) is 0 Å². The molecule has 2 heterocycles. The van der Waals surface area contributed by atoms with E-state index in [1.54, 1.807) is 45.9 Å². The van der Waals surface area contributed by atoms with Crippen molar-refractivity contribution in [1.82, 2.24) is 19.4 Å². The summed E-state index contributed by atoms with van der Waals surface area (Å²) in [6, 6.07) is 6.80. The SMILES string of the molecule is COCC(COC)n1c(-c2cc(C)c(=O)n(C)c2)nc2cc(CN[C@H](C(=O)OC3CCC3)[C@@H](C)O)ccc21. The molecule has 1 aliphatic rings. The van der Waals surface area contributed by atoms with Gasteiger partial charge >= 0.3 is 5.97 Å². The van der Waals surface area contributed by atoms with Crippen molar-refractivity contribution in [3.05, 3.63) is 51.9 Å². The van der Waals surface area contributed by atoms with E-state index in [-0.39, 0.29) is 17.7 Å². The Morgan fingerprint density at radius 2 is 1.92 bits per heavy atom. The number of fused-ring (bicyclic) bond motifs is 1. The van der Waals surface area contributed by atoms with Gasteiger partial charge in [0, 0.05) is 45.1 Å². The van der Waals surface area contributed by atoms with E-state index in [2.05, 4.69) is 9.88 Å². The molecule has 0 unspecified atom stereocenters. The number of benzene rings is 1. The second kappa shape index (κ2) is 12.2. The van der Waals surface area contributed by atoms with Crippen LogP contribution >= 0.6 is 0 Å². The van der Waals surface area contributed by atoms with Gasteiger partial charge in [-0.15, -0.1) is 0 Å². The van der Waals surface area contributed by atoms with Crippen LogP contribution in [-0.2, 0) is 32.6 Å². The van der Waals surface area contributed by atoms with Gasteiger partial charge in [-0.3, -0.25) is 14.9 Å². The molecule has 1 aliphatic carbocycles. The largest absolute Gasteiger partial charge is 0.461 e. The van der Waals surface area contributed by atoms with Crippen LogP contribution in [0.5, 0.6) is 0 Å². The van der Waals surface area contributed by atoms with E-state index >= 15 is 0 Å². The Balaban J connectivity index is 1.68. The number of rotatable bonds is 12. The first kappa shape index (κ1) is 28.0. The zero-order chi connectivity index (χ0) is 27.4. The number of carbonyl (C=O) groups excluding carboxylic acids is 1. The van der Waals surface area contributed by atoms with Crippen LogP contribution in [0.25, 0.3) is 22.4 Å². The number of hydrogen-bond donors (Lipinski definition) is 2. The Morgan fingerprint density at radius 1 is 1.21 bits per heavy atom. The van der Waals surface area contributed by atoms with Gasteiger partial charge in [0.15, 0.2) is 0 Å². The Labute approximate surface area is 222 Å². The minimum absolute atomic E-state index is 0.0439. The molecule has 0 amide bonds. The third-order valence-electron chi connectivity index (χ3n) is 7.06. The molecule has 2 atom stereocenters. The molecule has 4 rings (SSSR count).